The maximum atomic E-state index is 13.2. The second-order valence-corrected chi connectivity index (χ2v) is 10.2. The number of aliphatic carboxylic acids is 1. The minimum atomic E-state index is -1.22. The summed E-state index contributed by atoms with van der Waals surface area (Å²) in [6.45, 7) is 2.60. The van der Waals surface area contributed by atoms with E-state index in [0.717, 1.165) is 17.1 Å². The second-order valence-electron chi connectivity index (χ2n) is 10.2. The summed E-state index contributed by atoms with van der Waals surface area (Å²) in [5.74, 6) is -4.50. The van der Waals surface area contributed by atoms with Crippen molar-refractivity contribution in [3.8, 4) is 0 Å². The van der Waals surface area contributed by atoms with Crippen molar-refractivity contribution in [2.45, 2.75) is 51.8 Å². The largest absolute Gasteiger partial charge is 0.480 e. The van der Waals surface area contributed by atoms with Crippen LogP contribution in [0.25, 0.3) is 0 Å². The molecule has 0 radical (unpaired) electrons. The molecule has 0 unspecified atom stereocenters. The Morgan fingerprint density at radius 2 is 1.58 bits per heavy atom. The van der Waals surface area contributed by atoms with Crippen molar-refractivity contribution in [1.82, 2.24) is 26.2 Å². The average molecular weight is 632 g/mol. The molecule has 45 heavy (non-hydrogen) atoms. The number of carboxylic acid groups (broad SMARTS) is 1. The van der Waals surface area contributed by atoms with E-state index < -0.39 is 72.2 Å². The van der Waals surface area contributed by atoms with E-state index in [2.05, 4.69) is 26.6 Å². The van der Waals surface area contributed by atoms with Crippen LogP contribution in [-0.4, -0.2) is 89.4 Å². The van der Waals surface area contributed by atoms with Crippen molar-refractivity contribution >= 4 is 53.3 Å². The van der Waals surface area contributed by atoms with E-state index in [0.29, 0.717) is 11.3 Å². The number of nitrogens with zero attached hydrogens (tertiary/aromatic N) is 1. The molecule has 1 aliphatic rings. The molecule has 1 heterocycles. The number of amides is 8. The molecule has 0 fully saturated rings. The number of carbonyl (C=O) groups excluding carboxylic acids is 7. The summed E-state index contributed by atoms with van der Waals surface area (Å²) in [5.41, 5.74) is 5.99. The topological polar surface area (TPSA) is 255 Å². The van der Waals surface area contributed by atoms with E-state index >= 15 is 0 Å². The lowest BCUT2D eigenvalue weighted by Gasteiger charge is -2.25. The van der Waals surface area contributed by atoms with Crippen molar-refractivity contribution in [2.75, 3.05) is 25.0 Å². The van der Waals surface area contributed by atoms with E-state index in [-0.39, 0.29) is 39.0 Å². The molecule has 2 atom stereocenters. The Kier molecular flexibility index (Phi) is 14.0. The average Bonchev–Trinajstić information content (AvgIpc) is 3.30. The van der Waals surface area contributed by atoms with Crippen molar-refractivity contribution in [1.29, 1.82) is 0 Å². The summed E-state index contributed by atoms with van der Waals surface area (Å²) in [6, 6.07) is 3.30. The smallest absolute Gasteiger partial charge is 0.407 e. The van der Waals surface area contributed by atoms with Gasteiger partial charge >= 0.3 is 18.1 Å². The number of hydrogen-bond acceptors (Lipinski definition) is 9. The highest BCUT2D eigenvalue weighted by Gasteiger charge is 2.30. The number of benzene rings is 1. The summed E-state index contributed by atoms with van der Waals surface area (Å²) in [6.07, 6.45) is 1.43. The van der Waals surface area contributed by atoms with Crippen LogP contribution < -0.4 is 32.3 Å². The highest BCUT2D eigenvalue weighted by atomic mass is 16.5. The van der Waals surface area contributed by atoms with Crippen LogP contribution in [0.4, 0.5) is 15.3 Å². The Bertz CT molecular complexity index is 1300. The molecule has 0 saturated heterocycles. The number of nitrogens with two attached hydrogens (primary N) is 1. The number of rotatable bonds is 17. The first-order chi connectivity index (χ1) is 21.3. The summed E-state index contributed by atoms with van der Waals surface area (Å²) in [7, 11) is 0. The van der Waals surface area contributed by atoms with Gasteiger partial charge in [-0.15, -0.1) is 0 Å². The molecule has 17 heteroatoms. The lowest BCUT2D eigenvalue weighted by molar-refractivity contribution is -0.138. The molecule has 0 bridgehead atoms. The van der Waals surface area contributed by atoms with Gasteiger partial charge in [0.2, 0.25) is 17.7 Å². The number of alkyl carbamates (subject to hydrolysis) is 1. The van der Waals surface area contributed by atoms with Crippen LogP contribution >= 0.6 is 0 Å². The Labute approximate surface area is 258 Å². The molecule has 1 aromatic rings. The van der Waals surface area contributed by atoms with Crippen LogP contribution in [-0.2, 0) is 40.1 Å². The Morgan fingerprint density at radius 3 is 2.16 bits per heavy atom. The molecule has 2 rings (SSSR count). The van der Waals surface area contributed by atoms with Crippen molar-refractivity contribution < 1.29 is 48.2 Å². The van der Waals surface area contributed by atoms with Gasteiger partial charge in [0, 0.05) is 37.3 Å². The van der Waals surface area contributed by atoms with Crippen LogP contribution in [0.2, 0.25) is 0 Å². The van der Waals surface area contributed by atoms with Gasteiger partial charge in [-0.2, -0.15) is 0 Å². The minimum absolute atomic E-state index is 0.0974. The van der Waals surface area contributed by atoms with Gasteiger partial charge < -0.3 is 42.2 Å². The fraction of sp³-hybridized carbons (Fsp3) is 0.429. The van der Waals surface area contributed by atoms with E-state index in [1.807, 2.05) is 0 Å². The van der Waals surface area contributed by atoms with Gasteiger partial charge in [0.1, 0.15) is 25.2 Å². The van der Waals surface area contributed by atoms with E-state index in [9.17, 15) is 38.4 Å². The van der Waals surface area contributed by atoms with Crippen molar-refractivity contribution in [3.05, 3.63) is 42.0 Å². The predicted molar refractivity (Wildman–Crippen MR) is 157 cm³/mol. The zero-order valence-corrected chi connectivity index (χ0v) is 24.8. The standard InChI is InChI=1S/C28H37N7O10/c1-16(2)24(34-20(36)11-13-35-21(37)9-10-22(35)38)26(42)33-19(4-3-12-30-27(29)43)25(41)32-18-7-5-17(6-8-18)15-45-28(44)31-14-23(39)40/h5-10,16,19,24H,3-4,11-15H2,1-2H3,(H,31,44)(H,32,41)(H,33,42)(H,34,36)(H,39,40)(H3,29,30,43)/t19-,24-/m0/s1. The van der Waals surface area contributed by atoms with Crippen molar-refractivity contribution in [3.63, 3.8) is 0 Å². The monoisotopic (exact) mass is 631 g/mol. The SMILES string of the molecule is CC(C)[C@H](NC(=O)CCN1C(=O)C=CC1=O)C(=O)N[C@@H](CCCNC(N)=O)C(=O)Nc1ccc(COC(=O)NCC(=O)O)cc1. The third kappa shape index (κ3) is 12.7. The van der Waals surface area contributed by atoms with E-state index in [1.54, 1.807) is 26.0 Å². The van der Waals surface area contributed by atoms with E-state index in [4.69, 9.17) is 15.6 Å². The summed E-state index contributed by atoms with van der Waals surface area (Å²) < 4.78 is 4.92. The highest BCUT2D eigenvalue weighted by molar-refractivity contribution is 6.13. The fourth-order valence-electron chi connectivity index (χ4n) is 3.95. The number of carboxylic acids is 1. The van der Waals surface area contributed by atoms with Gasteiger partial charge in [-0.3, -0.25) is 33.7 Å². The number of hydrogen-bond donors (Lipinski definition) is 7. The second kappa shape index (κ2) is 17.6. The van der Waals surface area contributed by atoms with Gasteiger partial charge in [-0.05, 0) is 36.5 Å². The van der Waals surface area contributed by atoms with Crippen LogP contribution in [0, 0.1) is 5.92 Å². The third-order valence-corrected chi connectivity index (χ3v) is 6.31. The maximum Gasteiger partial charge on any atom is 0.407 e. The van der Waals surface area contributed by atoms with Gasteiger partial charge in [0.25, 0.3) is 11.8 Å². The molecule has 244 valence electrons. The first kappa shape index (κ1) is 35.7. The van der Waals surface area contributed by atoms with Crippen molar-refractivity contribution in [2.24, 2.45) is 11.7 Å². The number of carbonyl (C=O) groups is 8. The number of ether oxygens (including phenoxy) is 1. The lowest BCUT2D eigenvalue weighted by Crippen LogP contribution is -2.54. The van der Waals surface area contributed by atoms with Crippen LogP contribution in [0.5, 0.6) is 0 Å². The molecule has 1 aliphatic heterocycles. The molecule has 0 aromatic heterocycles. The molecule has 0 aliphatic carbocycles. The van der Waals surface area contributed by atoms with Gasteiger partial charge in [-0.25, -0.2) is 9.59 Å². The molecule has 0 saturated carbocycles. The molecular weight excluding hydrogens is 594 g/mol. The fourth-order valence-corrected chi connectivity index (χ4v) is 3.95. The Balaban J connectivity index is 2.01. The first-order valence-corrected chi connectivity index (χ1v) is 14.0. The molecule has 0 spiro atoms. The molecule has 17 nitrogen and oxygen atoms in total. The molecule has 1 aromatic carbocycles. The highest BCUT2D eigenvalue weighted by Crippen LogP contribution is 2.13. The van der Waals surface area contributed by atoms with Crippen LogP contribution in [0.15, 0.2) is 36.4 Å². The molecule has 8 N–H and O–H groups in total. The number of imide groups is 1. The summed E-state index contributed by atoms with van der Waals surface area (Å²) >= 11 is 0. The molecular formula is C28H37N7O10. The Hall–Kier alpha value is -5.48. The van der Waals surface area contributed by atoms with E-state index in [1.165, 1.54) is 12.1 Å². The maximum absolute atomic E-state index is 13.2. The summed E-state index contributed by atoms with van der Waals surface area (Å²) in [4.78, 5) is 96.5. The Morgan fingerprint density at radius 1 is 0.933 bits per heavy atom. The number of primary amides is 1. The lowest BCUT2D eigenvalue weighted by atomic mass is 10.0. The minimum Gasteiger partial charge on any atom is -0.480 e. The van der Waals surface area contributed by atoms with Gasteiger partial charge in [0.05, 0.1) is 0 Å². The number of anilines is 1. The number of urea groups is 1. The number of nitrogens with one attached hydrogen (secondary N) is 5. The molecule has 8 amide bonds. The van der Waals surface area contributed by atoms with Gasteiger partial charge in [-0.1, -0.05) is 26.0 Å². The van der Waals surface area contributed by atoms with Gasteiger partial charge in [0.15, 0.2) is 0 Å². The van der Waals surface area contributed by atoms with Crippen LogP contribution in [0.1, 0.15) is 38.7 Å². The quantitative estimate of drug-likeness (QED) is 0.0842. The van der Waals surface area contributed by atoms with Crippen LogP contribution in [0.3, 0.4) is 0 Å². The zero-order valence-electron chi connectivity index (χ0n) is 24.8. The normalized spacial score (nSPS) is 13.5. The zero-order chi connectivity index (χ0) is 33.5. The third-order valence-electron chi connectivity index (χ3n) is 6.31. The summed E-state index contributed by atoms with van der Waals surface area (Å²) in [5, 5.41) is 21.0. The first-order valence-electron chi connectivity index (χ1n) is 14.0. The predicted octanol–water partition coefficient (Wildman–Crippen LogP) is -0.675.